The van der Waals surface area contributed by atoms with E-state index < -0.39 is 4.32 Å². The number of nitrogens with one attached hydrogen (secondary N) is 2. The lowest BCUT2D eigenvalue weighted by Crippen LogP contribution is -2.44. The van der Waals surface area contributed by atoms with Gasteiger partial charge in [0, 0.05) is 6.92 Å². The molecule has 0 unspecified atom stereocenters. The van der Waals surface area contributed by atoms with Gasteiger partial charge in [-0.1, -0.05) is 15.9 Å². The fourth-order valence-electron chi connectivity index (χ4n) is 0.594. The molecule has 2 amide bonds. The minimum Gasteiger partial charge on any atom is -0.274 e. The second-order valence-corrected chi connectivity index (χ2v) is 4.12. The van der Waals surface area contributed by atoms with Crippen LogP contribution in [0.1, 0.15) is 19.8 Å². The van der Waals surface area contributed by atoms with Crippen molar-refractivity contribution in [3.63, 3.8) is 0 Å². The molecule has 0 saturated heterocycles. The van der Waals surface area contributed by atoms with Crippen LogP contribution in [-0.2, 0) is 9.59 Å². The first-order chi connectivity index (χ1) is 5.04. The summed E-state index contributed by atoms with van der Waals surface area (Å²) in [6, 6.07) is 0. The van der Waals surface area contributed by atoms with Crippen molar-refractivity contribution in [1.29, 1.82) is 0 Å². The van der Waals surface area contributed by atoms with E-state index in [-0.39, 0.29) is 11.8 Å². The van der Waals surface area contributed by atoms with Gasteiger partial charge in [0.1, 0.15) is 4.32 Å². The summed E-state index contributed by atoms with van der Waals surface area (Å²) in [5.74, 6) is -0.442. The Bertz CT molecular complexity index is 201. The number of hydrogen-bond acceptors (Lipinski definition) is 2. The van der Waals surface area contributed by atoms with Crippen LogP contribution in [0, 0.1) is 0 Å². The molecule has 1 rings (SSSR count). The van der Waals surface area contributed by atoms with Crippen molar-refractivity contribution in [2.75, 3.05) is 0 Å². The van der Waals surface area contributed by atoms with Gasteiger partial charge in [0.2, 0.25) is 5.91 Å². The second-order valence-electron chi connectivity index (χ2n) is 2.60. The molecule has 2 N–H and O–H groups in total. The third kappa shape index (κ3) is 2.18. The molecule has 0 aromatic carbocycles. The lowest BCUT2D eigenvalue weighted by molar-refractivity contribution is -0.127. The summed E-state index contributed by atoms with van der Waals surface area (Å²) in [5.41, 5.74) is 4.52. The van der Waals surface area contributed by atoms with E-state index in [0.717, 1.165) is 12.8 Å². The topological polar surface area (TPSA) is 58.2 Å². The summed E-state index contributed by atoms with van der Waals surface area (Å²) < 4.78 is -0.407. The van der Waals surface area contributed by atoms with E-state index in [1.165, 1.54) is 6.92 Å². The molecule has 1 saturated carbocycles. The summed E-state index contributed by atoms with van der Waals surface area (Å²) in [6.07, 6.45) is 1.66. The van der Waals surface area contributed by atoms with Crippen LogP contribution in [0.25, 0.3) is 0 Å². The number of hydrazine groups is 1. The average molecular weight is 221 g/mol. The maximum absolute atomic E-state index is 11.1. The van der Waals surface area contributed by atoms with Crippen molar-refractivity contribution >= 4 is 27.7 Å². The van der Waals surface area contributed by atoms with Gasteiger partial charge in [0.05, 0.1) is 0 Å². The summed E-state index contributed by atoms with van der Waals surface area (Å²) >= 11 is 3.24. The quantitative estimate of drug-likeness (QED) is 0.486. The van der Waals surface area contributed by atoms with Crippen LogP contribution >= 0.6 is 15.9 Å². The van der Waals surface area contributed by atoms with Gasteiger partial charge in [0.15, 0.2) is 0 Å². The van der Waals surface area contributed by atoms with Crippen molar-refractivity contribution < 1.29 is 9.59 Å². The van der Waals surface area contributed by atoms with Gasteiger partial charge in [0.25, 0.3) is 5.91 Å². The van der Waals surface area contributed by atoms with E-state index in [0.29, 0.717) is 0 Å². The molecule has 1 aliphatic carbocycles. The largest absolute Gasteiger partial charge is 0.274 e. The van der Waals surface area contributed by atoms with E-state index >= 15 is 0 Å². The highest BCUT2D eigenvalue weighted by Crippen LogP contribution is 2.44. The van der Waals surface area contributed by atoms with Crippen LogP contribution in [0.2, 0.25) is 0 Å². The normalized spacial score (nSPS) is 18.7. The highest BCUT2D eigenvalue weighted by molar-refractivity contribution is 9.10. The third-order valence-electron chi connectivity index (χ3n) is 1.45. The van der Waals surface area contributed by atoms with Crippen LogP contribution in [0.3, 0.4) is 0 Å². The smallest absolute Gasteiger partial charge is 0.255 e. The minimum absolute atomic E-state index is 0.173. The van der Waals surface area contributed by atoms with Crippen molar-refractivity contribution in [2.45, 2.75) is 24.1 Å². The Morgan fingerprint density at radius 2 is 1.91 bits per heavy atom. The zero-order valence-electron chi connectivity index (χ0n) is 6.11. The summed E-state index contributed by atoms with van der Waals surface area (Å²) in [6.45, 7) is 1.34. The molecule has 0 aromatic heterocycles. The first-order valence-electron chi connectivity index (χ1n) is 3.30. The Morgan fingerprint density at radius 1 is 1.36 bits per heavy atom. The van der Waals surface area contributed by atoms with Gasteiger partial charge < -0.3 is 0 Å². The monoisotopic (exact) mass is 220 g/mol. The molecule has 11 heavy (non-hydrogen) atoms. The molecule has 0 aliphatic heterocycles. The molecule has 5 heteroatoms. The molecule has 0 spiro atoms. The molecular formula is C6H9BrN2O2. The van der Waals surface area contributed by atoms with Crippen LogP contribution in [0.5, 0.6) is 0 Å². The highest BCUT2D eigenvalue weighted by Gasteiger charge is 2.47. The highest BCUT2D eigenvalue weighted by atomic mass is 79.9. The van der Waals surface area contributed by atoms with Gasteiger partial charge in [-0.2, -0.15) is 0 Å². The minimum atomic E-state index is -0.407. The number of rotatable bonds is 1. The number of alkyl halides is 1. The Balaban J connectivity index is 2.27. The Labute approximate surface area is 72.8 Å². The molecule has 4 nitrogen and oxygen atoms in total. The first kappa shape index (κ1) is 8.52. The summed E-state index contributed by atoms with van der Waals surface area (Å²) in [7, 11) is 0. The van der Waals surface area contributed by atoms with Crippen LogP contribution in [-0.4, -0.2) is 16.1 Å². The maximum atomic E-state index is 11.1. The van der Waals surface area contributed by atoms with Crippen molar-refractivity contribution in [1.82, 2.24) is 10.9 Å². The van der Waals surface area contributed by atoms with Gasteiger partial charge >= 0.3 is 0 Å². The van der Waals surface area contributed by atoms with E-state index in [9.17, 15) is 9.59 Å². The number of halogens is 1. The zero-order valence-corrected chi connectivity index (χ0v) is 7.69. The molecule has 62 valence electrons. The number of carbonyl (C=O) groups is 2. The third-order valence-corrected chi connectivity index (χ3v) is 2.60. The van der Waals surface area contributed by atoms with Crippen LogP contribution in [0.4, 0.5) is 0 Å². The summed E-state index contributed by atoms with van der Waals surface area (Å²) in [5, 5.41) is 0. The molecule has 0 atom stereocenters. The van der Waals surface area contributed by atoms with Crippen molar-refractivity contribution in [3.05, 3.63) is 0 Å². The molecular weight excluding hydrogens is 212 g/mol. The van der Waals surface area contributed by atoms with Gasteiger partial charge in [-0.25, -0.2) is 0 Å². The predicted octanol–water partition coefficient (Wildman–Crippen LogP) is 0.0812. The van der Waals surface area contributed by atoms with E-state index in [4.69, 9.17) is 0 Å². The number of hydrogen-bond donors (Lipinski definition) is 2. The van der Waals surface area contributed by atoms with Gasteiger partial charge in [-0.05, 0) is 12.8 Å². The van der Waals surface area contributed by atoms with E-state index in [1.807, 2.05) is 0 Å². The lowest BCUT2D eigenvalue weighted by atomic mass is 10.4. The molecule has 0 radical (unpaired) electrons. The fraction of sp³-hybridized carbons (Fsp3) is 0.667. The van der Waals surface area contributed by atoms with E-state index in [2.05, 4.69) is 26.8 Å². The molecule has 0 aromatic rings. The molecule has 0 heterocycles. The SMILES string of the molecule is CC(=O)NNC(=O)C1(Br)CC1. The first-order valence-corrected chi connectivity index (χ1v) is 4.10. The Hall–Kier alpha value is -0.580. The van der Waals surface area contributed by atoms with Gasteiger partial charge in [-0.15, -0.1) is 0 Å². The van der Waals surface area contributed by atoms with E-state index in [1.54, 1.807) is 0 Å². The fourth-order valence-corrected chi connectivity index (χ4v) is 0.891. The maximum Gasteiger partial charge on any atom is 0.255 e. The molecule has 0 bridgehead atoms. The molecule has 1 aliphatic rings. The number of carbonyl (C=O) groups excluding carboxylic acids is 2. The van der Waals surface area contributed by atoms with Crippen molar-refractivity contribution in [3.8, 4) is 0 Å². The van der Waals surface area contributed by atoms with Gasteiger partial charge in [-0.3, -0.25) is 20.4 Å². The zero-order chi connectivity index (χ0) is 8.48. The Kier molecular flexibility index (Phi) is 2.17. The average Bonchev–Trinajstić information content (AvgIpc) is 2.64. The molecule has 1 fully saturated rings. The van der Waals surface area contributed by atoms with Crippen molar-refractivity contribution in [2.24, 2.45) is 0 Å². The predicted molar refractivity (Wildman–Crippen MR) is 42.9 cm³/mol. The standard InChI is InChI=1S/C6H9BrN2O2/c1-4(10)8-9-5(11)6(7)2-3-6/h2-3H2,1H3,(H,8,10)(H,9,11). The Morgan fingerprint density at radius 3 is 2.27 bits per heavy atom. The van der Waals surface area contributed by atoms with Crippen LogP contribution in [0.15, 0.2) is 0 Å². The van der Waals surface area contributed by atoms with Crippen LogP contribution < -0.4 is 10.9 Å². The lowest BCUT2D eigenvalue weighted by Gasteiger charge is -2.07. The summed E-state index contributed by atoms with van der Waals surface area (Å²) in [4.78, 5) is 21.4. The number of amides is 2. The second kappa shape index (κ2) is 2.81.